The zero-order chi connectivity index (χ0) is 18.0. The number of hydrogen-bond acceptors (Lipinski definition) is 3. The van der Waals surface area contributed by atoms with E-state index in [-0.39, 0.29) is 23.0 Å². The Hall–Kier alpha value is -1.61. The van der Waals surface area contributed by atoms with E-state index in [4.69, 9.17) is 11.6 Å². The molecule has 3 nitrogen and oxygen atoms in total. The molecular weight excluding hydrogens is 310 g/mol. The van der Waals surface area contributed by atoms with Gasteiger partial charge in [0.25, 0.3) is 0 Å². The van der Waals surface area contributed by atoms with Crippen LogP contribution in [0.15, 0.2) is 51.4 Å². The number of carbonyl (C=O) groups is 1. The minimum absolute atomic E-state index is 0.0697. The SMILES string of the molecule is C=C/C=C(Cl)\C(C)=C(/C)N=CC(C(=O)CC(C)CC)=C(O)CC. The number of aliphatic hydroxyl groups is 1. The summed E-state index contributed by atoms with van der Waals surface area (Å²) in [6, 6.07) is 0. The molecule has 0 aromatic rings. The van der Waals surface area contributed by atoms with E-state index >= 15 is 0 Å². The average Bonchev–Trinajstić information content (AvgIpc) is 2.53. The van der Waals surface area contributed by atoms with Gasteiger partial charge in [-0.2, -0.15) is 0 Å². The van der Waals surface area contributed by atoms with Crippen molar-refractivity contribution < 1.29 is 9.90 Å². The molecule has 0 radical (unpaired) electrons. The van der Waals surface area contributed by atoms with Crippen LogP contribution in [0.25, 0.3) is 0 Å². The van der Waals surface area contributed by atoms with Gasteiger partial charge in [-0.05, 0) is 31.4 Å². The first-order chi connectivity index (χ1) is 10.8. The summed E-state index contributed by atoms with van der Waals surface area (Å²) in [6.07, 6.45) is 6.45. The molecule has 0 amide bonds. The highest BCUT2D eigenvalue weighted by atomic mass is 35.5. The molecule has 0 bridgehead atoms. The zero-order valence-corrected chi connectivity index (χ0v) is 15.6. The van der Waals surface area contributed by atoms with Crippen molar-refractivity contribution in [3.05, 3.63) is 46.4 Å². The lowest BCUT2D eigenvalue weighted by Crippen LogP contribution is -2.11. The van der Waals surface area contributed by atoms with Crippen LogP contribution in [0.2, 0.25) is 0 Å². The average molecular weight is 338 g/mol. The first-order valence-electron chi connectivity index (χ1n) is 7.93. The largest absolute Gasteiger partial charge is 0.512 e. The molecule has 1 unspecified atom stereocenters. The Morgan fingerprint density at radius 2 is 1.96 bits per heavy atom. The van der Waals surface area contributed by atoms with Gasteiger partial charge in [-0.25, -0.2) is 0 Å². The van der Waals surface area contributed by atoms with Gasteiger partial charge in [0.1, 0.15) is 5.76 Å². The summed E-state index contributed by atoms with van der Waals surface area (Å²) in [4.78, 5) is 16.7. The van der Waals surface area contributed by atoms with Crippen LogP contribution < -0.4 is 0 Å². The molecule has 4 heteroatoms. The molecule has 0 aromatic carbocycles. The van der Waals surface area contributed by atoms with Gasteiger partial charge in [0.05, 0.1) is 5.57 Å². The second-order valence-corrected chi connectivity index (χ2v) is 5.98. The van der Waals surface area contributed by atoms with Crippen LogP contribution in [-0.4, -0.2) is 17.1 Å². The Kier molecular flexibility index (Phi) is 10.2. The fraction of sp³-hybridized carbons (Fsp3) is 0.474. The summed E-state index contributed by atoms with van der Waals surface area (Å²) in [5.41, 5.74) is 1.77. The molecule has 1 N–H and O–H groups in total. The van der Waals surface area contributed by atoms with E-state index in [0.29, 0.717) is 23.6 Å². The van der Waals surface area contributed by atoms with Gasteiger partial charge in [0.15, 0.2) is 5.78 Å². The molecule has 0 saturated heterocycles. The minimum Gasteiger partial charge on any atom is -0.512 e. The molecule has 0 saturated carbocycles. The van der Waals surface area contributed by atoms with Gasteiger partial charge in [-0.1, -0.05) is 51.4 Å². The molecule has 0 aliphatic rings. The Morgan fingerprint density at radius 1 is 1.35 bits per heavy atom. The molecule has 0 spiro atoms. The summed E-state index contributed by atoms with van der Waals surface area (Å²) < 4.78 is 0. The Balaban J connectivity index is 5.50. The normalized spacial score (nSPS) is 16.0. The van der Waals surface area contributed by atoms with Crippen molar-refractivity contribution in [2.24, 2.45) is 10.9 Å². The molecule has 0 rings (SSSR count). The number of halogens is 1. The zero-order valence-electron chi connectivity index (χ0n) is 14.8. The van der Waals surface area contributed by atoms with E-state index in [1.807, 2.05) is 27.7 Å². The summed E-state index contributed by atoms with van der Waals surface area (Å²) in [5, 5.41) is 10.6. The van der Waals surface area contributed by atoms with Crippen molar-refractivity contribution in [3.8, 4) is 0 Å². The summed E-state index contributed by atoms with van der Waals surface area (Å²) in [5.74, 6) is 0.264. The van der Waals surface area contributed by atoms with Crippen molar-refractivity contribution in [1.82, 2.24) is 0 Å². The topological polar surface area (TPSA) is 49.7 Å². The molecule has 0 fully saturated rings. The molecule has 0 aliphatic carbocycles. The highest BCUT2D eigenvalue weighted by molar-refractivity contribution is 6.32. The Morgan fingerprint density at radius 3 is 2.43 bits per heavy atom. The number of Topliss-reactive ketones (excluding diaryl/α,β-unsaturated/α-hetero) is 1. The number of allylic oxidation sites excluding steroid dienone is 7. The summed E-state index contributed by atoms with van der Waals surface area (Å²) in [6.45, 7) is 13.1. The number of ketones is 1. The van der Waals surface area contributed by atoms with Crippen LogP contribution in [-0.2, 0) is 4.79 Å². The lowest BCUT2D eigenvalue weighted by Gasteiger charge is -2.09. The third-order valence-electron chi connectivity index (χ3n) is 3.73. The van der Waals surface area contributed by atoms with Gasteiger partial charge in [-0.15, -0.1) is 0 Å². The fourth-order valence-electron chi connectivity index (χ4n) is 1.73. The highest BCUT2D eigenvalue weighted by Gasteiger charge is 2.15. The van der Waals surface area contributed by atoms with Crippen molar-refractivity contribution in [1.29, 1.82) is 0 Å². The number of aliphatic imine (C=N–C) groups is 1. The van der Waals surface area contributed by atoms with Crippen LogP contribution in [0.4, 0.5) is 0 Å². The molecule has 128 valence electrons. The van der Waals surface area contributed by atoms with Crippen LogP contribution in [0.1, 0.15) is 53.9 Å². The van der Waals surface area contributed by atoms with Gasteiger partial charge >= 0.3 is 0 Å². The van der Waals surface area contributed by atoms with Crippen LogP contribution >= 0.6 is 11.6 Å². The molecule has 0 heterocycles. The number of aliphatic hydroxyl groups excluding tert-OH is 1. The summed E-state index contributed by atoms with van der Waals surface area (Å²) >= 11 is 6.11. The molecular formula is C19H28ClNO2. The van der Waals surface area contributed by atoms with Gasteiger partial charge in [0, 0.05) is 29.8 Å². The third kappa shape index (κ3) is 7.47. The van der Waals surface area contributed by atoms with E-state index in [1.54, 1.807) is 19.1 Å². The van der Waals surface area contributed by atoms with E-state index in [2.05, 4.69) is 11.6 Å². The van der Waals surface area contributed by atoms with E-state index in [1.165, 1.54) is 6.21 Å². The maximum atomic E-state index is 12.4. The molecule has 0 aliphatic heterocycles. The van der Waals surface area contributed by atoms with Crippen molar-refractivity contribution in [3.63, 3.8) is 0 Å². The number of carbonyl (C=O) groups excluding carboxylic acids is 1. The predicted molar refractivity (Wildman–Crippen MR) is 100 cm³/mol. The first kappa shape index (κ1) is 21.4. The third-order valence-corrected chi connectivity index (χ3v) is 4.14. The number of nitrogens with zero attached hydrogens (tertiary/aromatic N) is 1. The Labute approximate surface area is 145 Å². The maximum Gasteiger partial charge on any atom is 0.168 e. The second-order valence-electron chi connectivity index (χ2n) is 5.57. The molecule has 23 heavy (non-hydrogen) atoms. The summed E-state index contributed by atoms with van der Waals surface area (Å²) in [7, 11) is 0. The number of hydrogen-bond donors (Lipinski definition) is 1. The monoisotopic (exact) mass is 337 g/mol. The van der Waals surface area contributed by atoms with E-state index in [9.17, 15) is 9.90 Å². The lowest BCUT2D eigenvalue weighted by atomic mass is 9.97. The quantitative estimate of drug-likeness (QED) is 0.247. The molecule has 1 atom stereocenters. The van der Waals surface area contributed by atoms with Gasteiger partial charge < -0.3 is 5.11 Å². The van der Waals surface area contributed by atoms with Crippen molar-refractivity contribution >= 4 is 23.6 Å². The molecule has 0 aromatic heterocycles. The van der Waals surface area contributed by atoms with Crippen LogP contribution in [0.5, 0.6) is 0 Å². The van der Waals surface area contributed by atoms with Crippen molar-refractivity contribution in [2.45, 2.75) is 53.9 Å². The van der Waals surface area contributed by atoms with Gasteiger partial charge in [-0.3, -0.25) is 9.79 Å². The van der Waals surface area contributed by atoms with Crippen molar-refractivity contribution in [2.75, 3.05) is 0 Å². The minimum atomic E-state index is -0.0827. The lowest BCUT2D eigenvalue weighted by molar-refractivity contribution is -0.116. The highest BCUT2D eigenvalue weighted by Crippen LogP contribution is 2.20. The van der Waals surface area contributed by atoms with Crippen LogP contribution in [0, 0.1) is 5.92 Å². The fourth-order valence-corrected chi connectivity index (χ4v) is 1.95. The smallest absolute Gasteiger partial charge is 0.168 e. The standard InChI is InChI=1S/C19H28ClNO2/c1-7-10-17(20)14(5)15(6)21-12-16(18(22)9-3)19(23)11-13(4)8-2/h7,10,12-13,22H,1,8-9,11H2,2-6H3/b15-14+,17-10+,18-16?,21-12?. The maximum absolute atomic E-state index is 12.4. The second kappa shape index (κ2) is 11.0. The predicted octanol–water partition coefficient (Wildman–Crippen LogP) is 5.89. The van der Waals surface area contributed by atoms with Gasteiger partial charge in [0.2, 0.25) is 0 Å². The number of rotatable bonds is 9. The first-order valence-corrected chi connectivity index (χ1v) is 8.31. The van der Waals surface area contributed by atoms with E-state index < -0.39 is 0 Å². The van der Waals surface area contributed by atoms with Crippen LogP contribution in [0.3, 0.4) is 0 Å². The van der Waals surface area contributed by atoms with E-state index in [0.717, 1.165) is 12.0 Å². The Bertz CT molecular complexity index is 554.